The Kier molecular flexibility index (Phi) is 4.47. The second kappa shape index (κ2) is 6.52. The Hall–Kier alpha value is -1.82. The standard InChI is InChI=1S/C16H19N3O2S/c1-11-6-2-3-7-12(11)17-14(20)10-13-15(21)18-16(22-13)19-8-4-5-9-19/h2-3,6-7,13H,4-5,8-10H2,1H3,(H,17,20)/t13-/m1/s1. The zero-order valence-corrected chi connectivity index (χ0v) is 13.4. The maximum absolute atomic E-state index is 12.2. The average Bonchev–Trinajstić information content (AvgIpc) is 3.12. The molecule has 0 saturated carbocycles. The summed E-state index contributed by atoms with van der Waals surface area (Å²) in [5.74, 6) is -0.329. The number of benzene rings is 1. The van der Waals surface area contributed by atoms with Crippen LogP contribution in [0.3, 0.4) is 0 Å². The van der Waals surface area contributed by atoms with Crippen LogP contribution in [0.4, 0.5) is 5.69 Å². The Labute approximate surface area is 134 Å². The second-order valence-electron chi connectivity index (χ2n) is 5.60. The summed E-state index contributed by atoms with van der Waals surface area (Å²) in [6.45, 7) is 3.86. The van der Waals surface area contributed by atoms with Gasteiger partial charge in [-0.1, -0.05) is 30.0 Å². The van der Waals surface area contributed by atoms with Crippen LogP contribution in [0.2, 0.25) is 0 Å². The minimum atomic E-state index is -0.389. The van der Waals surface area contributed by atoms with E-state index in [4.69, 9.17) is 0 Å². The van der Waals surface area contributed by atoms with Crippen molar-refractivity contribution < 1.29 is 9.59 Å². The van der Waals surface area contributed by atoms with E-state index in [-0.39, 0.29) is 23.5 Å². The highest BCUT2D eigenvalue weighted by molar-refractivity contribution is 8.15. The van der Waals surface area contributed by atoms with Crippen molar-refractivity contribution in [2.75, 3.05) is 18.4 Å². The molecule has 5 nitrogen and oxygen atoms in total. The van der Waals surface area contributed by atoms with Crippen molar-refractivity contribution in [3.63, 3.8) is 0 Å². The van der Waals surface area contributed by atoms with Crippen molar-refractivity contribution in [2.24, 2.45) is 4.99 Å². The van der Waals surface area contributed by atoms with Crippen molar-refractivity contribution >= 4 is 34.4 Å². The number of amides is 2. The molecule has 2 aliphatic rings. The van der Waals surface area contributed by atoms with Crippen LogP contribution >= 0.6 is 11.8 Å². The van der Waals surface area contributed by atoms with Gasteiger partial charge in [-0.05, 0) is 31.4 Å². The average molecular weight is 317 g/mol. The fraction of sp³-hybridized carbons (Fsp3) is 0.438. The lowest BCUT2D eigenvalue weighted by molar-refractivity contribution is -0.121. The summed E-state index contributed by atoms with van der Waals surface area (Å²) in [6, 6.07) is 7.62. The van der Waals surface area contributed by atoms with E-state index in [0.29, 0.717) is 0 Å². The molecule has 2 heterocycles. The lowest BCUT2D eigenvalue weighted by Crippen LogP contribution is -2.25. The third kappa shape index (κ3) is 3.32. The topological polar surface area (TPSA) is 61.8 Å². The molecule has 116 valence electrons. The zero-order chi connectivity index (χ0) is 15.5. The van der Waals surface area contributed by atoms with Crippen LogP contribution < -0.4 is 5.32 Å². The van der Waals surface area contributed by atoms with Gasteiger partial charge in [-0.2, -0.15) is 4.99 Å². The molecule has 0 unspecified atom stereocenters. The number of aryl methyl sites for hydroxylation is 1. The van der Waals surface area contributed by atoms with Crippen molar-refractivity contribution in [3.05, 3.63) is 29.8 Å². The molecule has 0 aliphatic carbocycles. The molecule has 3 rings (SSSR count). The first-order chi connectivity index (χ1) is 10.6. The van der Waals surface area contributed by atoms with Gasteiger partial charge in [-0.3, -0.25) is 9.59 Å². The fourth-order valence-electron chi connectivity index (χ4n) is 2.64. The molecule has 0 bridgehead atoms. The molecule has 22 heavy (non-hydrogen) atoms. The van der Waals surface area contributed by atoms with Gasteiger partial charge in [0.1, 0.15) is 5.25 Å². The summed E-state index contributed by atoms with van der Waals surface area (Å²) < 4.78 is 0. The van der Waals surface area contributed by atoms with E-state index in [1.807, 2.05) is 31.2 Å². The van der Waals surface area contributed by atoms with Gasteiger partial charge >= 0.3 is 0 Å². The van der Waals surface area contributed by atoms with Gasteiger partial charge in [-0.15, -0.1) is 0 Å². The molecule has 1 saturated heterocycles. The molecule has 0 spiro atoms. The Morgan fingerprint density at radius 2 is 2.09 bits per heavy atom. The maximum atomic E-state index is 12.2. The molecule has 1 aromatic rings. The Bertz CT molecular complexity index is 624. The van der Waals surface area contributed by atoms with E-state index in [1.54, 1.807) is 0 Å². The molecule has 2 amide bonds. The lowest BCUT2D eigenvalue weighted by Gasteiger charge is -2.16. The molecule has 1 aromatic carbocycles. The first-order valence-corrected chi connectivity index (χ1v) is 8.41. The second-order valence-corrected chi connectivity index (χ2v) is 6.77. The number of nitrogens with one attached hydrogen (secondary N) is 1. The van der Waals surface area contributed by atoms with E-state index < -0.39 is 0 Å². The number of rotatable bonds is 3. The monoisotopic (exact) mass is 317 g/mol. The van der Waals surface area contributed by atoms with Gasteiger partial charge in [0, 0.05) is 25.2 Å². The fourth-order valence-corrected chi connectivity index (χ4v) is 3.75. The molecule has 6 heteroatoms. The normalized spacial score (nSPS) is 21.1. The summed E-state index contributed by atoms with van der Waals surface area (Å²) in [5.41, 5.74) is 1.80. The first kappa shape index (κ1) is 15.1. The van der Waals surface area contributed by atoms with Crippen LogP contribution in [0.1, 0.15) is 24.8 Å². The van der Waals surface area contributed by atoms with Gasteiger partial charge in [0.05, 0.1) is 0 Å². The number of aliphatic imine (C=N–C) groups is 1. The highest BCUT2D eigenvalue weighted by Crippen LogP contribution is 2.29. The molecular weight excluding hydrogens is 298 g/mol. The highest BCUT2D eigenvalue weighted by Gasteiger charge is 2.33. The number of hydrogen-bond acceptors (Lipinski definition) is 4. The van der Waals surface area contributed by atoms with E-state index in [0.717, 1.165) is 42.3 Å². The minimum Gasteiger partial charge on any atom is -0.351 e. The molecule has 0 radical (unpaired) electrons. The van der Waals surface area contributed by atoms with Gasteiger partial charge in [0.25, 0.3) is 5.91 Å². The molecule has 0 aromatic heterocycles. The number of thioether (sulfide) groups is 1. The van der Waals surface area contributed by atoms with Crippen LogP contribution in [-0.2, 0) is 9.59 Å². The van der Waals surface area contributed by atoms with E-state index in [9.17, 15) is 9.59 Å². The Balaban J connectivity index is 1.56. The highest BCUT2D eigenvalue weighted by atomic mass is 32.2. The van der Waals surface area contributed by atoms with Crippen molar-refractivity contribution in [1.82, 2.24) is 4.90 Å². The third-order valence-corrected chi connectivity index (χ3v) is 5.11. The van der Waals surface area contributed by atoms with Gasteiger partial charge in [0.15, 0.2) is 5.17 Å². The molecule has 1 fully saturated rings. The van der Waals surface area contributed by atoms with Crippen molar-refractivity contribution in [2.45, 2.75) is 31.4 Å². The van der Waals surface area contributed by atoms with Crippen LogP contribution in [0.5, 0.6) is 0 Å². The number of amidine groups is 1. The predicted molar refractivity (Wildman–Crippen MR) is 89.1 cm³/mol. The van der Waals surface area contributed by atoms with E-state index >= 15 is 0 Å². The predicted octanol–water partition coefficient (Wildman–Crippen LogP) is 2.42. The molecular formula is C16H19N3O2S. The van der Waals surface area contributed by atoms with Crippen molar-refractivity contribution in [3.8, 4) is 0 Å². The minimum absolute atomic E-state index is 0.141. The molecule has 2 aliphatic heterocycles. The maximum Gasteiger partial charge on any atom is 0.262 e. The number of nitrogens with zero attached hydrogens (tertiary/aromatic N) is 2. The summed E-state index contributed by atoms with van der Waals surface area (Å²) in [5, 5.41) is 3.27. The zero-order valence-electron chi connectivity index (χ0n) is 12.5. The number of anilines is 1. The van der Waals surface area contributed by atoms with Gasteiger partial charge < -0.3 is 10.2 Å². The number of likely N-dealkylation sites (tertiary alicyclic amines) is 1. The first-order valence-electron chi connectivity index (χ1n) is 7.53. The summed E-state index contributed by atoms with van der Waals surface area (Å²) in [4.78, 5) is 30.4. The summed E-state index contributed by atoms with van der Waals surface area (Å²) in [7, 11) is 0. The van der Waals surface area contributed by atoms with Crippen LogP contribution in [0.15, 0.2) is 29.3 Å². The SMILES string of the molecule is Cc1ccccc1NC(=O)C[C@H]1SC(N2CCCC2)=NC1=O. The lowest BCUT2D eigenvalue weighted by atomic mass is 10.2. The third-order valence-electron chi connectivity index (χ3n) is 3.90. The molecule has 1 atom stereocenters. The number of para-hydroxylation sites is 1. The summed E-state index contributed by atoms with van der Waals surface area (Å²) >= 11 is 1.42. The van der Waals surface area contributed by atoms with E-state index in [2.05, 4.69) is 15.2 Å². The number of carbonyl (C=O) groups excluding carboxylic acids is 2. The summed E-state index contributed by atoms with van der Waals surface area (Å²) in [6.07, 6.45) is 2.46. The van der Waals surface area contributed by atoms with E-state index in [1.165, 1.54) is 11.8 Å². The van der Waals surface area contributed by atoms with Crippen LogP contribution in [0, 0.1) is 6.92 Å². The molecule has 1 N–H and O–H groups in total. The van der Waals surface area contributed by atoms with Crippen molar-refractivity contribution in [1.29, 1.82) is 0 Å². The van der Waals surface area contributed by atoms with Crippen LogP contribution in [-0.4, -0.2) is 40.2 Å². The number of carbonyl (C=O) groups is 2. The van der Waals surface area contributed by atoms with Gasteiger partial charge in [-0.25, -0.2) is 0 Å². The van der Waals surface area contributed by atoms with Crippen LogP contribution in [0.25, 0.3) is 0 Å². The number of hydrogen-bond donors (Lipinski definition) is 1. The Morgan fingerprint density at radius 1 is 1.36 bits per heavy atom. The quantitative estimate of drug-likeness (QED) is 0.930. The largest absolute Gasteiger partial charge is 0.351 e. The smallest absolute Gasteiger partial charge is 0.262 e. The Morgan fingerprint density at radius 3 is 2.82 bits per heavy atom. The van der Waals surface area contributed by atoms with Gasteiger partial charge in [0.2, 0.25) is 5.91 Å².